The van der Waals surface area contributed by atoms with Crippen molar-refractivity contribution in [2.24, 2.45) is 17.8 Å². The number of hydrogen-bond acceptors (Lipinski definition) is 4. The Bertz CT molecular complexity index is 1080. The molecule has 33 heavy (non-hydrogen) atoms. The largest absolute Gasteiger partial charge is 0.497 e. The van der Waals surface area contributed by atoms with Gasteiger partial charge in [0.1, 0.15) is 5.75 Å². The Labute approximate surface area is 197 Å². The lowest BCUT2D eigenvalue weighted by Gasteiger charge is -2.39. The Morgan fingerprint density at radius 2 is 2.00 bits per heavy atom. The zero-order valence-electron chi connectivity index (χ0n) is 20.1. The number of piperidine rings is 1. The van der Waals surface area contributed by atoms with Crippen LogP contribution in [0.15, 0.2) is 67.4 Å². The van der Waals surface area contributed by atoms with Crippen LogP contribution < -0.4 is 4.74 Å². The second kappa shape index (κ2) is 10.5. The number of rotatable bonds is 8. The van der Waals surface area contributed by atoms with E-state index in [1.165, 1.54) is 11.1 Å². The smallest absolute Gasteiger partial charge is 0.119 e. The fraction of sp³-hybridized carbons (Fsp3) is 0.414. The van der Waals surface area contributed by atoms with Gasteiger partial charge in [-0.05, 0) is 79.5 Å². The molecule has 1 aliphatic rings. The van der Waals surface area contributed by atoms with Gasteiger partial charge >= 0.3 is 0 Å². The molecule has 174 valence electrons. The van der Waals surface area contributed by atoms with Crippen molar-refractivity contribution in [3.8, 4) is 5.75 Å². The molecule has 0 radical (unpaired) electrons. The Balaban J connectivity index is 1.42. The minimum absolute atomic E-state index is 0.137. The summed E-state index contributed by atoms with van der Waals surface area (Å²) in [6, 6.07) is 16.6. The van der Waals surface area contributed by atoms with E-state index in [-0.39, 0.29) is 5.92 Å². The summed E-state index contributed by atoms with van der Waals surface area (Å²) in [5.74, 6) is 1.89. The van der Waals surface area contributed by atoms with E-state index in [1.807, 2.05) is 24.3 Å². The zero-order chi connectivity index (χ0) is 23.4. The molecule has 4 rings (SSSR count). The van der Waals surface area contributed by atoms with Gasteiger partial charge in [-0.1, -0.05) is 42.8 Å². The lowest BCUT2D eigenvalue weighted by molar-refractivity contribution is 0.0722. The zero-order valence-corrected chi connectivity index (χ0v) is 20.1. The Morgan fingerprint density at radius 3 is 2.73 bits per heavy atom. The van der Waals surface area contributed by atoms with Crippen molar-refractivity contribution in [3.05, 3.63) is 84.1 Å². The number of aryl methyl sites for hydroxylation is 1. The molecular weight excluding hydrogens is 408 g/mol. The molecule has 0 saturated carbocycles. The molecule has 0 spiro atoms. The third kappa shape index (κ3) is 5.45. The summed E-state index contributed by atoms with van der Waals surface area (Å²) in [6.45, 7) is 11.5. The Kier molecular flexibility index (Phi) is 7.46. The number of ether oxygens (including phenoxy) is 1. The second-order valence-electron chi connectivity index (χ2n) is 9.61. The number of fused-ring (bicyclic) bond motifs is 1. The van der Waals surface area contributed by atoms with Gasteiger partial charge in [0.25, 0.3) is 0 Å². The number of aromatic nitrogens is 1. The predicted octanol–water partition coefficient (Wildman–Crippen LogP) is 5.94. The first-order valence-corrected chi connectivity index (χ1v) is 12.0. The van der Waals surface area contributed by atoms with E-state index in [0.717, 1.165) is 54.7 Å². The van der Waals surface area contributed by atoms with Crippen molar-refractivity contribution in [2.75, 3.05) is 20.2 Å². The van der Waals surface area contributed by atoms with Crippen molar-refractivity contribution < 1.29 is 9.84 Å². The van der Waals surface area contributed by atoms with Crippen LogP contribution in [0, 0.1) is 24.7 Å². The summed E-state index contributed by atoms with van der Waals surface area (Å²) in [5, 5.41) is 12.3. The molecule has 4 nitrogen and oxygen atoms in total. The molecule has 4 heteroatoms. The van der Waals surface area contributed by atoms with E-state index in [0.29, 0.717) is 11.8 Å². The summed E-state index contributed by atoms with van der Waals surface area (Å²) in [4.78, 5) is 7.00. The number of likely N-dealkylation sites (tertiary alicyclic amines) is 1. The van der Waals surface area contributed by atoms with Crippen LogP contribution in [0.3, 0.4) is 0 Å². The van der Waals surface area contributed by atoms with Gasteiger partial charge in [-0.2, -0.15) is 0 Å². The maximum Gasteiger partial charge on any atom is 0.119 e. The van der Waals surface area contributed by atoms with E-state index in [9.17, 15) is 5.11 Å². The molecule has 1 aromatic heterocycles. The fourth-order valence-corrected chi connectivity index (χ4v) is 5.20. The number of nitrogens with zero attached hydrogens (tertiary/aromatic N) is 2. The van der Waals surface area contributed by atoms with Gasteiger partial charge in [0.05, 0.1) is 18.7 Å². The SMILES string of the molecule is C=CC1CN(Cc2ccc(C)cc2)CCC1CC(C)C(O)c1ccnc2ccc(OC)cc12. The summed E-state index contributed by atoms with van der Waals surface area (Å²) in [6.07, 6.45) is 5.47. The number of pyridine rings is 1. The van der Waals surface area contributed by atoms with Crippen molar-refractivity contribution in [1.29, 1.82) is 0 Å². The van der Waals surface area contributed by atoms with Gasteiger partial charge in [-0.15, -0.1) is 6.58 Å². The molecule has 1 N–H and O–H groups in total. The van der Waals surface area contributed by atoms with E-state index < -0.39 is 6.10 Å². The van der Waals surface area contributed by atoms with Crippen LogP contribution in [0.1, 0.15) is 42.6 Å². The lowest BCUT2D eigenvalue weighted by Crippen LogP contribution is -2.40. The van der Waals surface area contributed by atoms with Gasteiger partial charge in [0.2, 0.25) is 0 Å². The topological polar surface area (TPSA) is 45.6 Å². The molecule has 3 aromatic rings. The number of aliphatic hydroxyl groups excluding tert-OH is 1. The van der Waals surface area contributed by atoms with Crippen LogP contribution in [0.2, 0.25) is 0 Å². The molecule has 4 unspecified atom stereocenters. The van der Waals surface area contributed by atoms with Crippen LogP contribution in [-0.2, 0) is 6.54 Å². The fourth-order valence-electron chi connectivity index (χ4n) is 5.20. The highest BCUT2D eigenvalue weighted by Crippen LogP contribution is 2.37. The molecule has 0 amide bonds. The van der Waals surface area contributed by atoms with E-state index >= 15 is 0 Å². The number of aliphatic hydroxyl groups is 1. The van der Waals surface area contributed by atoms with Crippen molar-refractivity contribution in [1.82, 2.24) is 9.88 Å². The first kappa shape index (κ1) is 23.5. The average Bonchev–Trinajstić information content (AvgIpc) is 2.85. The first-order chi connectivity index (χ1) is 16.0. The molecule has 1 aliphatic heterocycles. The average molecular weight is 445 g/mol. The number of methoxy groups -OCH3 is 1. The van der Waals surface area contributed by atoms with Crippen LogP contribution in [0.5, 0.6) is 5.75 Å². The first-order valence-electron chi connectivity index (χ1n) is 12.0. The van der Waals surface area contributed by atoms with Crippen molar-refractivity contribution >= 4 is 10.9 Å². The molecule has 0 bridgehead atoms. The Morgan fingerprint density at radius 1 is 1.21 bits per heavy atom. The molecule has 2 aromatic carbocycles. The van der Waals surface area contributed by atoms with Crippen LogP contribution in [-0.4, -0.2) is 35.2 Å². The van der Waals surface area contributed by atoms with E-state index in [2.05, 4.69) is 60.7 Å². The molecular formula is C29H36N2O2. The lowest BCUT2D eigenvalue weighted by atomic mass is 9.77. The maximum absolute atomic E-state index is 11.3. The highest BCUT2D eigenvalue weighted by Gasteiger charge is 2.31. The van der Waals surface area contributed by atoms with Crippen molar-refractivity contribution in [3.63, 3.8) is 0 Å². The number of hydrogen-bond donors (Lipinski definition) is 1. The Hall–Kier alpha value is -2.69. The number of benzene rings is 2. The normalized spacial score (nSPS) is 21.0. The van der Waals surface area contributed by atoms with Crippen molar-refractivity contribution in [2.45, 2.75) is 39.3 Å². The van der Waals surface area contributed by atoms with Gasteiger partial charge in [-0.25, -0.2) is 0 Å². The minimum Gasteiger partial charge on any atom is -0.497 e. The van der Waals surface area contributed by atoms with Gasteiger partial charge in [0, 0.05) is 24.7 Å². The van der Waals surface area contributed by atoms with Gasteiger partial charge < -0.3 is 9.84 Å². The summed E-state index contributed by atoms with van der Waals surface area (Å²) in [5.41, 5.74) is 4.48. The molecule has 2 heterocycles. The van der Waals surface area contributed by atoms with Crippen LogP contribution in [0.25, 0.3) is 10.9 Å². The highest BCUT2D eigenvalue weighted by molar-refractivity contribution is 5.83. The second-order valence-corrected chi connectivity index (χ2v) is 9.61. The molecule has 1 fully saturated rings. The highest BCUT2D eigenvalue weighted by atomic mass is 16.5. The van der Waals surface area contributed by atoms with Gasteiger partial charge in [-0.3, -0.25) is 9.88 Å². The maximum atomic E-state index is 11.3. The molecule has 1 saturated heterocycles. The quantitative estimate of drug-likeness (QED) is 0.437. The molecule has 0 aliphatic carbocycles. The third-order valence-electron chi connectivity index (χ3n) is 7.23. The summed E-state index contributed by atoms with van der Waals surface area (Å²) in [7, 11) is 1.66. The van der Waals surface area contributed by atoms with E-state index in [1.54, 1.807) is 13.3 Å². The van der Waals surface area contributed by atoms with Gasteiger partial charge in [0.15, 0.2) is 0 Å². The summed E-state index contributed by atoms with van der Waals surface area (Å²) >= 11 is 0. The predicted molar refractivity (Wildman–Crippen MR) is 135 cm³/mol. The third-order valence-corrected chi connectivity index (χ3v) is 7.23. The van der Waals surface area contributed by atoms with Crippen LogP contribution >= 0.6 is 0 Å². The minimum atomic E-state index is -0.543. The monoisotopic (exact) mass is 444 g/mol. The van der Waals surface area contributed by atoms with Crippen LogP contribution in [0.4, 0.5) is 0 Å². The standard InChI is InChI=1S/C29H36N2O2/c1-5-23-19-31(18-22-8-6-20(2)7-9-22)15-13-24(23)16-21(3)29(32)26-12-14-30-28-11-10-25(33-4)17-27(26)28/h5-12,14,17,21,23-24,29,32H,1,13,15-16,18-19H2,2-4H3. The summed E-state index contributed by atoms with van der Waals surface area (Å²) < 4.78 is 5.40. The van der Waals surface area contributed by atoms with E-state index in [4.69, 9.17) is 4.74 Å². The molecule has 4 atom stereocenters.